The van der Waals surface area contributed by atoms with Gasteiger partial charge in [0, 0.05) is 18.2 Å². The molecule has 1 heterocycles. The number of benzene rings is 1. The van der Waals surface area contributed by atoms with E-state index in [4.69, 9.17) is 0 Å². The minimum Gasteiger partial charge on any atom is -0.355 e. The summed E-state index contributed by atoms with van der Waals surface area (Å²) < 4.78 is 0. The lowest BCUT2D eigenvalue weighted by Crippen LogP contribution is -2.20. The van der Waals surface area contributed by atoms with Crippen molar-refractivity contribution in [2.45, 2.75) is 6.92 Å². The fraction of sp³-hybridized carbons (Fsp3) is 0.133. The summed E-state index contributed by atoms with van der Waals surface area (Å²) in [6.07, 6.45) is 0. The van der Waals surface area contributed by atoms with E-state index in [1.807, 2.05) is 0 Å². The average molecular weight is 302 g/mol. The van der Waals surface area contributed by atoms with Crippen molar-refractivity contribution in [1.82, 2.24) is 5.32 Å². The van der Waals surface area contributed by atoms with E-state index in [9.17, 15) is 14.4 Å². The lowest BCUT2D eigenvalue weighted by molar-refractivity contribution is 0.0963. The third kappa shape index (κ3) is 3.35. The highest BCUT2D eigenvalue weighted by Gasteiger charge is 2.15. The predicted octanol–water partition coefficient (Wildman–Crippen LogP) is 2.56. The van der Waals surface area contributed by atoms with E-state index in [1.165, 1.54) is 25.3 Å². The van der Waals surface area contributed by atoms with Crippen molar-refractivity contribution >= 4 is 33.9 Å². The van der Waals surface area contributed by atoms with Crippen molar-refractivity contribution in [2.75, 3.05) is 12.4 Å². The topological polar surface area (TPSA) is 75.3 Å². The van der Waals surface area contributed by atoms with Crippen LogP contribution in [0.15, 0.2) is 35.7 Å². The van der Waals surface area contributed by atoms with Crippen LogP contribution in [0.3, 0.4) is 0 Å². The fourth-order valence-electron chi connectivity index (χ4n) is 1.75. The summed E-state index contributed by atoms with van der Waals surface area (Å²) in [5.74, 6) is -0.627. The average Bonchev–Trinajstić information content (AvgIpc) is 2.94. The zero-order valence-corrected chi connectivity index (χ0v) is 12.4. The fourth-order valence-corrected chi connectivity index (χ4v) is 2.53. The minimum absolute atomic E-state index is 0.0536. The molecule has 0 radical (unpaired) electrons. The van der Waals surface area contributed by atoms with Gasteiger partial charge in [-0.15, -0.1) is 11.3 Å². The van der Waals surface area contributed by atoms with Gasteiger partial charge in [-0.25, -0.2) is 0 Å². The first-order valence-electron chi connectivity index (χ1n) is 6.25. The van der Waals surface area contributed by atoms with Crippen LogP contribution in [0.5, 0.6) is 0 Å². The lowest BCUT2D eigenvalue weighted by atomic mass is 10.1. The highest BCUT2D eigenvalue weighted by molar-refractivity contribution is 7.14. The molecule has 0 fully saturated rings. The van der Waals surface area contributed by atoms with Gasteiger partial charge >= 0.3 is 0 Å². The van der Waals surface area contributed by atoms with Gasteiger partial charge in [0.25, 0.3) is 11.8 Å². The summed E-state index contributed by atoms with van der Waals surface area (Å²) in [4.78, 5) is 35.0. The van der Waals surface area contributed by atoms with E-state index >= 15 is 0 Å². The maximum absolute atomic E-state index is 12.1. The molecule has 5 nitrogen and oxygen atoms in total. The predicted molar refractivity (Wildman–Crippen MR) is 82.1 cm³/mol. The number of nitrogens with one attached hydrogen (secondary N) is 2. The number of hydrogen-bond donors (Lipinski definition) is 2. The molecule has 0 aliphatic carbocycles. The molecule has 0 saturated carbocycles. The number of carbonyl (C=O) groups is 3. The number of rotatable bonds is 4. The molecule has 0 spiro atoms. The molecule has 2 rings (SSSR count). The molecular formula is C15H14N2O3S. The van der Waals surface area contributed by atoms with E-state index in [1.54, 1.807) is 35.7 Å². The Hall–Kier alpha value is -2.47. The Morgan fingerprint density at radius 1 is 0.952 bits per heavy atom. The summed E-state index contributed by atoms with van der Waals surface area (Å²) in [6.45, 7) is 1.47. The van der Waals surface area contributed by atoms with Gasteiger partial charge in [-0.1, -0.05) is 12.1 Å². The van der Waals surface area contributed by atoms with Gasteiger partial charge in [0.05, 0.1) is 5.56 Å². The van der Waals surface area contributed by atoms with Crippen molar-refractivity contribution in [1.29, 1.82) is 0 Å². The van der Waals surface area contributed by atoms with Crippen LogP contribution in [0.1, 0.15) is 38.0 Å². The molecule has 6 heteroatoms. The van der Waals surface area contributed by atoms with Crippen LogP contribution < -0.4 is 10.6 Å². The van der Waals surface area contributed by atoms with E-state index in [-0.39, 0.29) is 17.6 Å². The Morgan fingerprint density at radius 3 is 2.14 bits per heavy atom. The van der Waals surface area contributed by atoms with Gasteiger partial charge in [-0.2, -0.15) is 0 Å². The smallest absolute Gasteiger partial charge is 0.256 e. The van der Waals surface area contributed by atoms with Gasteiger partial charge in [0.2, 0.25) is 0 Å². The second kappa shape index (κ2) is 6.32. The molecule has 21 heavy (non-hydrogen) atoms. The quantitative estimate of drug-likeness (QED) is 0.852. The molecule has 1 aromatic carbocycles. The van der Waals surface area contributed by atoms with Gasteiger partial charge in [0.15, 0.2) is 5.78 Å². The standard InChI is InChI=1S/C15H14N2O3S/c1-9(18)10-3-5-11(6-4-10)13(19)17-15-12(7-8-21-15)14(20)16-2/h3-8H,1-2H3,(H,16,20)(H,17,19). The van der Waals surface area contributed by atoms with E-state index in [0.29, 0.717) is 21.7 Å². The van der Waals surface area contributed by atoms with Crippen molar-refractivity contribution in [3.05, 3.63) is 52.4 Å². The summed E-state index contributed by atoms with van der Waals surface area (Å²) in [7, 11) is 1.53. The third-order valence-corrected chi connectivity index (χ3v) is 3.75. The van der Waals surface area contributed by atoms with Crippen LogP contribution in [0.2, 0.25) is 0 Å². The maximum atomic E-state index is 12.1. The van der Waals surface area contributed by atoms with Gasteiger partial charge in [0.1, 0.15) is 5.00 Å². The normalized spacial score (nSPS) is 10.0. The number of amides is 2. The molecule has 0 aliphatic heterocycles. The summed E-state index contributed by atoms with van der Waals surface area (Å²) in [6, 6.07) is 8.02. The van der Waals surface area contributed by atoms with Crippen LogP contribution in [-0.2, 0) is 0 Å². The zero-order valence-electron chi connectivity index (χ0n) is 11.6. The maximum Gasteiger partial charge on any atom is 0.256 e. The number of carbonyl (C=O) groups excluding carboxylic acids is 3. The Bertz CT molecular complexity index is 689. The molecule has 0 atom stereocenters. The number of hydrogen-bond acceptors (Lipinski definition) is 4. The van der Waals surface area contributed by atoms with Gasteiger partial charge in [-0.3, -0.25) is 14.4 Å². The molecule has 0 aliphatic rings. The molecule has 1 aromatic heterocycles. The first-order chi connectivity index (χ1) is 10.0. The highest BCUT2D eigenvalue weighted by atomic mass is 32.1. The van der Waals surface area contributed by atoms with E-state index in [0.717, 1.165) is 0 Å². The van der Waals surface area contributed by atoms with Crippen molar-refractivity contribution in [2.24, 2.45) is 0 Å². The molecule has 2 aromatic rings. The Labute approximate surface area is 126 Å². The van der Waals surface area contributed by atoms with Crippen LogP contribution in [0, 0.1) is 0 Å². The second-order valence-corrected chi connectivity index (χ2v) is 5.25. The van der Waals surface area contributed by atoms with Gasteiger partial charge < -0.3 is 10.6 Å². The van der Waals surface area contributed by atoms with Crippen LogP contribution in [0.25, 0.3) is 0 Å². The third-order valence-electron chi connectivity index (χ3n) is 2.92. The molecule has 0 unspecified atom stereocenters. The largest absolute Gasteiger partial charge is 0.355 e. The van der Waals surface area contributed by atoms with E-state index < -0.39 is 0 Å². The number of Topliss-reactive ketones (excluding diaryl/α,β-unsaturated/α-hetero) is 1. The monoisotopic (exact) mass is 302 g/mol. The van der Waals surface area contributed by atoms with Crippen LogP contribution >= 0.6 is 11.3 Å². The van der Waals surface area contributed by atoms with Gasteiger partial charge in [-0.05, 0) is 30.5 Å². The van der Waals surface area contributed by atoms with Crippen molar-refractivity contribution in [3.8, 4) is 0 Å². The molecule has 108 valence electrons. The zero-order chi connectivity index (χ0) is 15.4. The summed E-state index contributed by atoms with van der Waals surface area (Å²) in [5, 5.41) is 7.45. The lowest BCUT2D eigenvalue weighted by Gasteiger charge is -2.06. The number of thiophene rings is 1. The number of anilines is 1. The summed E-state index contributed by atoms with van der Waals surface area (Å²) >= 11 is 1.28. The molecule has 0 bridgehead atoms. The first-order valence-corrected chi connectivity index (χ1v) is 7.13. The summed E-state index contributed by atoms with van der Waals surface area (Å²) in [5.41, 5.74) is 1.40. The minimum atomic E-state index is -0.322. The molecular weight excluding hydrogens is 288 g/mol. The SMILES string of the molecule is CNC(=O)c1ccsc1NC(=O)c1ccc(C(C)=O)cc1. The van der Waals surface area contributed by atoms with E-state index in [2.05, 4.69) is 10.6 Å². The van der Waals surface area contributed by atoms with Crippen molar-refractivity contribution < 1.29 is 14.4 Å². The van der Waals surface area contributed by atoms with Crippen LogP contribution in [-0.4, -0.2) is 24.6 Å². The molecule has 0 saturated heterocycles. The highest BCUT2D eigenvalue weighted by Crippen LogP contribution is 2.23. The molecule has 2 N–H and O–H groups in total. The number of ketones is 1. The molecule has 2 amide bonds. The first kappa shape index (κ1) is 14.9. The Kier molecular flexibility index (Phi) is 4.49. The van der Waals surface area contributed by atoms with Crippen molar-refractivity contribution in [3.63, 3.8) is 0 Å². The van der Waals surface area contributed by atoms with Crippen LogP contribution in [0.4, 0.5) is 5.00 Å². The Morgan fingerprint density at radius 2 is 1.57 bits per heavy atom. The Balaban J connectivity index is 2.16. The second-order valence-electron chi connectivity index (χ2n) is 4.33.